The third-order valence-corrected chi connectivity index (χ3v) is 5.11. The molecule has 0 aliphatic carbocycles. The summed E-state index contributed by atoms with van der Waals surface area (Å²) < 4.78 is 5.23. The molecule has 1 aromatic carbocycles. The van der Waals surface area contributed by atoms with Crippen molar-refractivity contribution in [1.29, 1.82) is 0 Å². The highest BCUT2D eigenvalue weighted by Crippen LogP contribution is 2.19. The van der Waals surface area contributed by atoms with E-state index in [1.165, 1.54) is 11.3 Å². The second-order valence-corrected chi connectivity index (χ2v) is 7.05. The van der Waals surface area contributed by atoms with Gasteiger partial charge in [-0.1, -0.05) is 23.4 Å². The lowest BCUT2D eigenvalue weighted by Crippen LogP contribution is -2.48. The lowest BCUT2D eigenvalue weighted by Gasteiger charge is -2.34. The highest BCUT2D eigenvalue weighted by molar-refractivity contribution is 14.0. The third-order valence-electron chi connectivity index (χ3n) is 5.11. The first kappa shape index (κ1) is 22.5. The van der Waals surface area contributed by atoms with Crippen LogP contribution in [0.4, 0.5) is 5.69 Å². The number of halogens is 1. The maximum Gasteiger partial charge on any atom is 0.191 e. The maximum absolute atomic E-state index is 5.23. The van der Waals surface area contributed by atoms with E-state index in [0.29, 0.717) is 6.04 Å². The smallest absolute Gasteiger partial charge is 0.191 e. The number of aromatic nitrogens is 1. The summed E-state index contributed by atoms with van der Waals surface area (Å²) in [5, 5.41) is 11.0. The second-order valence-electron chi connectivity index (χ2n) is 7.05. The van der Waals surface area contributed by atoms with Gasteiger partial charge in [-0.2, -0.15) is 0 Å². The van der Waals surface area contributed by atoms with Gasteiger partial charge < -0.3 is 20.1 Å². The van der Waals surface area contributed by atoms with Gasteiger partial charge in [0.1, 0.15) is 5.76 Å². The number of hydrogen-bond acceptors (Lipinski definition) is 4. The Kier molecular flexibility index (Phi) is 9.08. The minimum atomic E-state index is 0. The normalized spacial score (nSPS) is 15.2. The summed E-state index contributed by atoms with van der Waals surface area (Å²) in [4.78, 5) is 7.21. The summed E-state index contributed by atoms with van der Waals surface area (Å²) in [5.41, 5.74) is 3.45. The van der Waals surface area contributed by atoms with Gasteiger partial charge in [0.25, 0.3) is 0 Å². The summed E-state index contributed by atoms with van der Waals surface area (Å²) in [6, 6.07) is 11.1. The van der Waals surface area contributed by atoms with Crippen LogP contribution in [0.2, 0.25) is 0 Å². The fourth-order valence-electron chi connectivity index (χ4n) is 3.57. The SMILES string of the molecule is CCNC(=NCCc1c(C)noc1C)NC1CCN(c2ccccc2)CC1.I. The minimum absolute atomic E-state index is 0. The van der Waals surface area contributed by atoms with Crippen molar-refractivity contribution in [2.45, 2.75) is 46.1 Å². The molecule has 28 heavy (non-hydrogen) atoms. The largest absolute Gasteiger partial charge is 0.371 e. The summed E-state index contributed by atoms with van der Waals surface area (Å²) in [7, 11) is 0. The predicted molar refractivity (Wildman–Crippen MR) is 126 cm³/mol. The molecule has 2 N–H and O–H groups in total. The predicted octanol–water partition coefficient (Wildman–Crippen LogP) is 3.68. The fourth-order valence-corrected chi connectivity index (χ4v) is 3.57. The number of guanidine groups is 1. The number of rotatable bonds is 6. The van der Waals surface area contributed by atoms with Crippen LogP contribution in [0.5, 0.6) is 0 Å². The summed E-state index contributed by atoms with van der Waals surface area (Å²) in [6.45, 7) is 9.77. The first-order chi connectivity index (χ1) is 13.2. The fraction of sp³-hybridized carbons (Fsp3) is 0.524. The Balaban J connectivity index is 0.00000280. The van der Waals surface area contributed by atoms with E-state index in [0.717, 1.165) is 62.9 Å². The molecule has 0 bridgehead atoms. The van der Waals surface area contributed by atoms with Crippen LogP contribution >= 0.6 is 24.0 Å². The van der Waals surface area contributed by atoms with Crippen LogP contribution in [0, 0.1) is 13.8 Å². The Labute approximate surface area is 185 Å². The van der Waals surface area contributed by atoms with Gasteiger partial charge in [0.05, 0.1) is 5.69 Å². The highest BCUT2D eigenvalue weighted by atomic mass is 127. The van der Waals surface area contributed by atoms with Crippen LogP contribution in [0.1, 0.15) is 36.8 Å². The number of nitrogens with zero attached hydrogens (tertiary/aromatic N) is 3. The monoisotopic (exact) mass is 497 g/mol. The van der Waals surface area contributed by atoms with Gasteiger partial charge in [0, 0.05) is 43.5 Å². The van der Waals surface area contributed by atoms with E-state index >= 15 is 0 Å². The highest BCUT2D eigenvalue weighted by Gasteiger charge is 2.20. The molecule has 0 saturated carbocycles. The van der Waals surface area contributed by atoms with E-state index in [9.17, 15) is 0 Å². The maximum atomic E-state index is 5.23. The van der Waals surface area contributed by atoms with Crippen LogP contribution < -0.4 is 15.5 Å². The van der Waals surface area contributed by atoms with Crippen LogP contribution in [-0.2, 0) is 6.42 Å². The molecule has 1 aliphatic heterocycles. The summed E-state index contributed by atoms with van der Waals surface area (Å²) in [6.07, 6.45) is 3.08. The van der Waals surface area contributed by atoms with Crippen LogP contribution in [0.25, 0.3) is 0 Å². The zero-order chi connectivity index (χ0) is 19.1. The van der Waals surface area contributed by atoms with Gasteiger partial charge in [-0.25, -0.2) is 0 Å². The number of aryl methyl sites for hydroxylation is 2. The molecule has 7 heteroatoms. The van der Waals surface area contributed by atoms with Crippen LogP contribution in [-0.4, -0.2) is 43.3 Å². The molecule has 2 aromatic rings. The van der Waals surface area contributed by atoms with Crippen molar-refractivity contribution in [3.63, 3.8) is 0 Å². The molecule has 1 aliphatic rings. The molecule has 1 aromatic heterocycles. The van der Waals surface area contributed by atoms with Crippen molar-refractivity contribution in [2.24, 2.45) is 4.99 Å². The van der Waals surface area contributed by atoms with Gasteiger partial charge in [-0.15, -0.1) is 24.0 Å². The number of benzene rings is 1. The number of anilines is 1. The van der Waals surface area contributed by atoms with E-state index < -0.39 is 0 Å². The quantitative estimate of drug-likeness (QED) is 0.362. The topological polar surface area (TPSA) is 65.7 Å². The Morgan fingerprint density at radius 2 is 1.93 bits per heavy atom. The summed E-state index contributed by atoms with van der Waals surface area (Å²) >= 11 is 0. The van der Waals surface area contributed by atoms with E-state index in [2.05, 4.69) is 57.9 Å². The molecule has 0 radical (unpaired) electrons. The molecular weight excluding hydrogens is 465 g/mol. The number of nitrogens with one attached hydrogen (secondary N) is 2. The standard InChI is InChI=1S/C21H31N5O.HI/c1-4-22-21(23-13-10-20-16(2)25-27-17(20)3)24-18-11-14-26(15-12-18)19-8-6-5-7-9-19;/h5-9,18H,4,10-15H2,1-3H3,(H2,22,23,24);1H. The molecule has 154 valence electrons. The van der Waals surface area contributed by atoms with Gasteiger partial charge in [0.15, 0.2) is 5.96 Å². The molecule has 0 spiro atoms. The van der Waals surface area contributed by atoms with E-state index in [-0.39, 0.29) is 24.0 Å². The average Bonchev–Trinajstić information content (AvgIpc) is 3.01. The Bertz CT molecular complexity index is 719. The molecule has 0 amide bonds. The molecule has 1 fully saturated rings. The van der Waals surface area contributed by atoms with Gasteiger partial charge in [0.2, 0.25) is 0 Å². The molecule has 3 rings (SSSR count). The Morgan fingerprint density at radius 1 is 1.21 bits per heavy atom. The zero-order valence-corrected chi connectivity index (χ0v) is 19.4. The molecule has 2 heterocycles. The van der Waals surface area contributed by atoms with Crippen molar-refractivity contribution in [2.75, 3.05) is 31.1 Å². The minimum Gasteiger partial charge on any atom is -0.371 e. The second kappa shape index (κ2) is 11.3. The average molecular weight is 497 g/mol. The lowest BCUT2D eigenvalue weighted by molar-refractivity contribution is 0.392. The molecule has 0 atom stereocenters. The third kappa shape index (κ3) is 6.12. The van der Waals surface area contributed by atoms with Crippen molar-refractivity contribution < 1.29 is 4.52 Å². The van der Waals surface area contributed by atoms with Crippen molar-refractivity contribution in [1.82, 2.24) is 15.8 Å². The first-order valence-electron chi connectivity index (χ1n) is 9.94. The van der Waals surface area contributed by atoms with Crippen molar-refractivity contribution in [3.05, 3.63) is 47.3 Å². The summed E-state index contributed by atoms with van der Waals surface area (Å²) in [5.74, 6) is 1.80. The van der Waals surface area contributed by atoms with Crippen molar-refractivity contribution in [3.8, 4) is 0 Å². The molecule has 0 unspecified atom stereocenters. The van der Waals surface area contributed by atoms with Gasteiger partial charge in [-0.3, -0.25) is 4.99 Å². The molecule has 6 nitrogen and oxygen atoms in total. The first-order valence-corrected chi connectivity index (χ1v) is 9.94. The van der Waals surface area contributed by atoms with Gasteiger partial charge >= 0.3 is 0 Å². The van der Waals surface area contributed by atoms with Crippen LogP contribution in [0.3, 0.4) is 0 Å². The molecule has 1 saturated heterocycles. The van der Waals surface area contributed by atoms with Gasteiger partial charge in [-0.05, 0) is 52.2 Å². The lowest BCUT2D eigenvalue weighted by atomic mass is 10.0. The van der Waals surface area contributed by atoms with E-state index in [1.807, 2.05) is 13.8 Å². The number of aliphatic imine (C=N–C) groups is 1. The molecular formula is C21H32IN5O. The van der Waals surface area contributed by atoms with Crippen molar-refractivity contribution >= 4 is 35.6 Å². The van der Waals surface area contributed by atoms with E-state index in [1.54, 1.807) is 0 Å². The Hall–Kier alpha value is -1.77. The van der Waals surface area contributed by atoms with E-state index in [4.69, 9.17) is 9.52 Å². The number of hydrogen-bond donors (Lipinski definition) is 2. The number of para-hydroxylation sites is 1. The number of piperidine rings is 1. The zero-order valence-electron chi connectivity index (χ0n) is 17.1. The Morgan fingerprint density at radius 3 is 2.54 bits per heavy atom. The van der Waals surface area contributed by atoms with Crippen LogP contribution in [0.15, 0.2) is 39.8 Å².